The first-order chi connectivity index (χ1) is 20.3. The number of aromatic nitrogens is 2. The van der Waals surface area contributed by atoms with Gasteiger partial charge < -0.3 is 4.98 Å². The Hall–Kier alpha value is -2.70. The second-order valence-corrected chi connectivity index (χ2v) is 23.9. The van der Waals surface area contributed by atoms with Crippen molar-refractivity contribution in [2.75, 3.05) is 0 Å². The van der Waals surface area contributed by atoms with E-state index in [0.29, 0.717) is 0 Å². The fourth-order valence-electron chi connectivity index (χ4n) is 5.70. The molecule has 0 saturated heterocycles. The van der Waals surface area contributed by atoms with Crippen LogP contribution in [0.25, 0.3) is 42.7 Å². The second kappa shape index (κ2) is 13.9. The van der Waals surface area contributed by atoms with Gasteiger partial charge in [0.05, 0.1) is 4.70 Å². The first-order valence-corrected chi connectivity index (χ1v) is 22.9. The summed E-state index contributed by atoms with van der Waals surface area (Å²) >= 11 is -0.226. The number of thiophene rings is 1. The van der Waals surface area contributed by atoms with Crippen molar-refractivity contribution < 1.29 is 24.5 Å². The molecule has 7 rings (SSSR count). The monoisotopic (exact) mass is 825 g/mol. The Balaban J connectivity index is 0.000000188. The quantitative estimate of drug-likeness (QED) is 0.128. The third-order valence-electron chi connectivity index (χ3n) is 8.10. The van der Waals surface area contributed by atoms with Gasteiger partial charge in [-0.1, -0.05) is 54.8 Å². The number of pyridine rings is 2. The van der Waals surface area contributed by atoms with Gasteiger partial charge in [0.2, 0.25) is 0 Å². The van der Waals surface area contributed by atoms with Gasteiger partial charge in [0.25, 0.3) is 0 Å². The van der Waals surface area contributed by atoms with E-state index in [-0.39, 0.29) is 25.9 Å². The number of fused-ring (bicyclic) bond motifs is 3. The Morgan fingerprint density at radius 2 is 1.70 bits per heavy atom. The van der Waals surface area contributed by atoms with E-state index < -0.39 is 13.3 Å². The van der Waals surface area contributed by atoms with Crippen LogP contribution in [0.2, 0.25) is 17.3 Å². The maximum absolute atomic E-state index is 14.1. The van der Waals surface area contributed by atoms with Crippen LogP contribution in [0.5, 0.6) is 0 Å². The molecule has 1 fully saturated rings. The topological polar surface area (TPSA) is 25.8 Å². The molecule has 1 aliphatic rings. The minimum absolute atomic E-state index is 0. The van der Waals surface area contributed by atoms with Crippen LogP contribution < -0.4 is 4.40 Å². The van der Waals surface area contributed by atoms with Gasteiger partial charge in [-0.2, -0.15) is 11.3 Å². The molecule has 6 heteroatoms. The molecule has 0 atom stereocenters. The molecule has 0 unspecified atom stereocenters. The second-order valence-electron chi connectivity index (χ2n) is 12.2. The summed E-state index contributed by atoms with van der Waals surface area (Å²) in [5.74, 6) is 7.81. The normalized spacial score (nSPS) is 13.5. The number of nitrogens with zero attached hydrogens (tertiary/aromatic N) is 2. The van der Waals surface area contributed by atoms with Gasteiger partial charge in [-0.05, 0) is 40.3 Å². The summed E-state index contributed by atoms with van der Waals surface area (Å²) in [6.07, 6.45) is 10.5. The minimum Gasteiger partial charge on any atom is 0 e. The van der Waals surface area contributed by atoms with Crippen molar-refractivity contribution in [2.24, 2.45) is 5.92 Å². The van der Waals surface area contributed by atoms with Crippen LogP contribution in [0.1, 0.15) is 31.2 Å². The van der Waals surface area contributed by atoms with E-state index in [1.54, 1.807) is 6.07 Å². The minimum atomic E-state index is -1.72. The van der Waals surface area contributed by atoms with Gasteiger partial charge in [0, 0.05) is 26.3 Å². The summed E-state index contributed by atoms with van der Waals surface area (Å²) in [5.41, 5.74) is 5.37. The number of rotatable bonds is 5. The Labute approximate surface area is 274 Å². The number of halogens is 1. The third kappa shape index (κ3) is 7.52. The zero-order valence-corrected chi connectivity index (χ0v) is 30.1. The van der Waals surface area contributed by atoms with E-state index in [9.17, 15) is 4.39 Å². The Morgan fingerprint density at radius 1 is 0.860 bits per heavy atom. The SMILES string of the molecule is Fc1cccc2c1sc1c[c-]c(-c3cc(CC4CCCC4)ccn3)cc12.[CH3][Ge]([CH3])([CH3])[c]1ccc(-c2[c-]cccc2)nc1.[Ir]. The van der Waals surface area contributed by atoms with E-state index in [2.05, 4.69) is 69.7 Å². The molecule has 1 radical (unpaired) electrons. The maximum Gasteiger partial charge on any atom is 0 e. The molecule has 1 saturated carbocycles. The first kappa shape index (κ1) is 31.7. The summed E-state index contributed by atoms with van der Waals surface area (Å²) in [5, 5.41) is 2.06. The molecule has 3 aromatic carbocycles. The van der Waals surface area contributed by atoms with Crippen molar-refractivity contribution in [3.05, 3.63) is 115 Å². The predicted octanol–water partition coefficient (Wildman–Crippen LogP) is 9.88. The molecule has 0 bridgehead atoms. The average Bonchev–Trinajstić information content (AvgIpc) is 3.66. The smallest absolute Gasteiger partial charge is 0 e. The number of hydrogen-bond acceptors (Lipinski definition) is 3. The van der Waals surface area contributed by atoms with E-state index in [1.165, 1.54) is 53.0 Å². The maximum atomic E-state index is 14.1. The largest absolute Gasteiger partial charge is 0 e. The molecule has 3 heterocycles. The van der Waals surface area contributed by atoms with Crippen LogP contribution in [0, 0.1) is 23.9 Å². The fourth-order valence-corrected chi connectivity index (χ4v) is 8.94. The van der Waals surface area contributed by atoms with Crippen molar-refractivity contribution >= 4 is 49.2 Å². The van der Waals surface area contributed by atoms with E-state index in [1.807, 2.05) is 48.8 Å². The molecule has 0 aliphatic heterocycles. The Morgan fingerprint density at radius 3 is 2.42 bits per heavy atom. The summed E-state index contributed by atoms with van der Waals surface area (Å²) in [7, 11) is 0. The average molecular weight is 824 g/mol. The van der Waals surface area contributed by atoms with Crippen LogP contribution in [-0.4, -0.2) is 23.2 Å². The van der Waals surface area contributed by atoms with Gasteiger partial charge >= 0.3 is 99.8 Å². The first-order valence-electron chi connectivity index (χ1n) is 14.8. The zero-order valence-electron chi connectivity index (χ0n) is 24.8. The van der Waals surface area contributed by atoms with Crippen molar-refractivity contribution in [2.45, 2.75) is 49.4 Å². The van der Waals surface area contributed by atoms with Gasteiger partial charge in [0.1, 0.15) is 5.82 Å². The summed E-state index contributed by atoms with van der Waals surface area (Å²) in [4.78, 5) is 9.10. The van der Waals surface area contributed by atoms with Crippen molar-refractivity contribution in [1.29, 1.82) is 0 Å². The molecule has 6 aromatic rings. The molecule has 2 nitrogen and oxygen atoms in total. The summed E-state index contributed by atoms with van der Waals surface area (Å²) in [6.45, 7) is 0. The van der Waals surface area contributed by atoms with Gasteiger partial charge in [-0.15, -0.1) is 23.8 Å². The van der Waals surface area contributed by atoms with Crippen LogP contribution in [0.15, 0.2) is 91.3 Å². The molecule has 0 N–H and O–H groups in total. The van der Waals surface area contributed by atoms with Crippen molar-refractivity contribution in [3.8, 4) is 22.5 Å². The van der Waals surface area contributed by atoms with Gasteiger partial charge in [-0.3, -0.25) is 0 Å². The van der Waals surface area contributed by atoms with Crippen LogP contribution >= 0.6 is 11.3 Å². The molecule has 3 aromatic heterocycles. The zero-order chi connectivity index (χ0) is 29.1. The number of hydrogen-bond donors (Lipinski definition) is 0. The van der Waals surface area contributed by atoms with Crippen LogP contribution in [-0.2, 0) is 26.5 Å². The van der Waals surface area contributed by atoms with Crippen molar-refractivity contribution in [1.82, 2.24) is 9.97 Å². The van der Waals surface area contributed by atoms with E-state index in [0.717, 1.165) is 55.0 Å². The van der Waals surface area contributed by atoms with E-state index >= 15 is 0 Å². The van der Waals surface area contributed by atoms with Crippen molar-refractivity contribution in [3.63, 3.8) is 0 Å². The third-order valence-corrected chi connectivity index (χ3v) is 13.5. The predicted molar refractivity (Wildman–Crippen MR) is 179 cm³/mol. The molecule has 0 amide bonds. The van der Waals surface area contributed by atoms with E-state index in [4.69, 9.17) is 0 Å². The molecule has 1 aliphatic carbocycles. The van der Waals surface area contributed by atoms with Gasteiger partial charge in [0.15, 0.2) is 0 Å². The Bertz CT molecular complexity index is 1810. The van der Waals surface area contributed by atoms with Crippen LogP contribution in [0.3, 0.4) is 0 Å². The summed E-state index contributed by atoms with van der Waals surface area (Å²) < 4.78 is 17.3. The fraction of sp³-hybridized carbons (Fsp3) is 0.243. The number of benzene rings is 3. The Kier molecular flexibility index (Phi) is 10.3. The van der Waals surface area contributed by atoms with Gasteiger partial charge in [-0.25, -0.2) is 4.39 Å². The molecule has 0 spiro atoms. The van der Waals surface area contributed by atoms with Crippen LogP contribution in [0.4, 0.5) is 4.39 Å². The summed E-state index contributed by atoms with van der Waals surface area (Å²) in [6, 6.07) is 32.5. The molecule has 43 heavy (non-hydrogen) atoms. The molecular weight excluding hydrogens is 788 g/mol. The standard InChI is InChI=1S/C23H19FNS.C14H16GeN.Ir/c24-20-7-3-6-18-19-14-17(8-9-22(19)26-23(18)20)21-13-16(10-11-25-21)12-15-4-1-2-5-15;1-15(2,3)13-9-10-14(16-11-13)12-7-5-4-6-8-12;/h3,6-7,9-11,13-15H,1-2,4-5,12H2;4-7,9-11H,1-3H3;/q2*-1;. The molecule has 221 valence electrons. The molecular formula is C37H35FGeIrN2S-2.